The first-order chi connectivity index (χ1) is 6.84. The highest BCUT2D eigenvalue weighted by molar-refractivity contribution is 5.87. The lowest BCUT2D eigenvalue weighted by molar-refractivity contribution is -0.112. The van der Waals surface area contributed by atoms with Crippen molar-refractivity contribution >= 4 is 5.78 Å². The second kappa shape index (κ2) is 4.34. The summed E-state index contributed by atoms with van der Waals surface area (Å²) in [5.74, 6) is 1.06. The van der Waals surface area contributed by atoms with Crippen LogP contribution in [0.3, 0.4) is 0 Å². The first-order valence-corrected chi connectivity index (χ1v) is 5.71. The largest absolute Gasteiger partial charge is 0.295 e. The van der Waals surface area contributed by atoms with Gasteiger partial charge in [0.25, 0.3) is 0 Å². The fraction of sp³-hybridized carbons (Fsp3) is 0.643. The fourth-order valence-electron chi connectivity index (χ4n) is 2.26. The minimum Gasteiger partial charge on any atom is -0.295 e. The summed E-state index contributed by atoms with van der Waals surface area (Å²) in [5, 5.41) is 0. The zero-order valence-corrected chi connectivity index (χ0v) is 10.3. The highest BCUT2D eigenvalue weighted by Gasteiger charge is 2.36. The van der Waals surface area contributed by atoms with Crippen LogP contribution >= 0.6 is 0 Å². The molecule has 0 aromatic heterocycles. The van der Waals surface area contributed by atoms with Crippen molar-refractivity contribution in [1.82, 2.24) is 0 Å². The van der Waals surface area contributed by atoms with Crippen LogP contribution in [0.1, 0.15) is 40.5 Å². The van der Waals surface area contributed by atoms with E-state index in [1.165, 1.54) is 12.0 Å². The van der Waals surface area contributed by atoms with Crippen molar-refractivity contribution in [1.29, 1.82) is 0 Å². The first kappa shape index (κ1) is 12.2. The van der Waals surface area contributed by atoms with E-state index in [-0.39, 0.29) is 5.78 Å². The van der Waals surface area contributed by atoms with Crippen molar-refractivity contribution in [2.45, 2.75) is 40.5 Å². The predicted molar refractivity (Wildman–Crippen MR) is 64.6 cm³/mol. The third-order valence-corrected chi connectivity index (χ3v) is 3.87. The molecule has 1 nitrogen and oxygen atoms in total. The topological polar surface area (TPSA) is 17.1 Å². The zero-order valence-electron chi connectivity index (χ0n) is 10.3. The van der Waals surface area contributed by atoms with E-state index in [1.807, 2.05) is 6.08 Å². The van der Waals surface area contributed by atoms with Crippen LogP contribution in [-0.2, 0) is 4.79 Å². The maximum Gasteiger partial charge on any atom is 0.152 e. The molecule has 0 saturated heterocycles. The maximum atomic E-state index is 10.9. The molecule has 1 aliphatic rings. The number of carbonyl (C=O) groups excluding carboxylic acids is 1. The van der Waals surface area contributed by atoms with Gasteiger partial charge >= 0.3 is 0 Å². The third kappa shape index (κ3) is 2.80. The Balaban J connectivity index is 2.84. The summed E-state index contributed by atoms with van der Waals surface area (Å²) in [4.78, 5) is 10.9. The van der Waals surface area contributed by atoms with E-state index in [0.29, 0.717) is 17.3 Å². The Labute approximate surface area is 93.3 Å². The van der Waals surface area contributed by atoms with E-state index in [1.54, 1.807) is 13.0 Å². The summed E-state index contributed by atoms with van der Waals surface area (Å²) in [6.07, 6.45) is 6.02. The molecule has 15 heavy (non-hydrogen) atoms. The molecule has 1 fully saturated rings. The van der Waals surface area contributed by atoms with Gasteiger partial charge in [0.05, 0.1) is 0 Å². The van der Waals surface area contributed by atoms with Gasteiger partial charge in [-0.05, 0) is 37.2 Å². The SMILES string of the molecule is C=C1CCC(C)(C)C(C)C1C=CC(C)=O. The Bertz CT molecular complexity index is 296. The number of hydrogen-bond donors (Lipinski definition) is 0. The Hall–Kier alpha value is -0.850. The number of carbonyl (C=O) groups is 1. The molecule has 1 rings (SSSR count). The minimum absolute atomic E-state index is 0.123. The van der Waals surface area contributed by atoms with Crippen LogP contribution in [0.25, 0.3) is 0 Å². The fourth-order valence-corrected chi connectivity index (χ4v) is 2.26. The van der Waals surface area contributed by atoms with Gasteiger partial charge in [0.1, 0.15) is 0 Å². The normalized spacial score (nSPS) is 30.8. The number of allylic oxidation sites excluding steroid dienone is 3. The molecular weight excluding hydrogens is 184 g/mol. The predicted octanol–water partition coefficient (Wildman–Crippen LogP) is 3.76. The number of hydrogen-bond acceptors (Lipinski definition) is 1. The molecule has 1 saturated carbocycles. The molecule has 1 heteroatoms. The van der Waals surface area contributed by atoms with E-state index in [0.717, 1.165) is 6.42 Å². The molecule has 0 aliphatic heterocycles. The quantitative estimate of drug-likeness (QED) is 0.496. The smallest absolute Gasteiger partial charge is 0.152 e. The van der Waals surface area contributed by atoms with E-state index < -0.39 is 0 Å². The van der Waals surface area contributed by atoms with Crippen LogP contribution in [0.2, 0.25) is 0 Å². The molecule has 2 atom stereocenters. The molecule has 1 aliphatic carbocycles. The molecule has 0 amide bonds. The Morgan fingerprint density at radius 3 is 2.67 bits per heavy atom. The molecule has 0 bridgehead atoms. The van der Waals surface area contributed by atoms with Gasteiger partial charge in [0, 0.05) is 5.92 Å². The lowest BCUT2D eigenvalue weighted by Crippen LogP contribution is -2.33. The summed E-state index contributed by atoms with van der Waals surface area (Å²) in [6.45, 7) is 12.6. The standard InChI is InChI=1S/C14H22O/c1-10-8-9-14(4,5)12(3)13(10)7-6-11(2)15/h6-7,12-13H,1,8-9H2,2-5H3. The van der Waals surface area contributed by atoms with Crippen molar-refractivity contribution in [3.8, 4) is 0 Å². The van der Waals surface area contributed by atoms with Crippen molar-refractivity contribution in [2.75, 3.05) is 0 Å². The van der Waals surface area contributed by atoms with Gasteiger partial charge in [0.15, 0.2) is 5.78 Å². The molecule has 0 radical (unpaired) electrons. The first-order valence-electron chi connectivity index (χ1n) is 5.71. The lowest BCUT2D eigenvalue weighted by atomic mass is 9.63. The zero-order chi connectivity index (χ0) is 11.6. The molecule has 0 N–H and O–H groups in total. The van der Waals surface area contributed by atoms with Gasteiger partial charge in [-0.2, -0.15) is 0 Å². The van der Waals surface area contributed by atoms with E-state index in [2.05, 4.69) is 27.4 Å². The molecule has 0 spiro atoms. The molecular formula is C14H22O. The Morgan fingerprint density at radius 2 is 2.13 bits per heavy atom. The van der Waals surface area contributed by atoms with Gasteiger partial charge < -0.3 is 0 Å². The van der Waals surface area contributed by atoms with E-state index >= 15 is 0 Å². The van der Waals surface area contributed by atoms with Crippen molar-refractivity contribution in [2.24, 2.45) is 17.3 Å². The van der Waals surface area contributed by atoms with Crippen molar-refractivity contribution in [3.05, 3.63) is 24.3 Å². The van der Waals surface area contributed by atoms with Gasteiger partial charge in [-0.15, -0.1) is 0 Å². The van der Waals surface area contributed by atoms with Gasteiger partial charge in [-0.25, -0.2) is 0 Å². The lowest BCUT2D eigenvalue weighted by Gasteiger charge is -2.42. The summed E-state index contributed by atoms with van der Waals surface area (Å²) >= 11 is 0. The van der Waals surface area contributed by atoms with E-state index in [4.69, 9.17) is 0 Å². The molecule has 0 aromatic carbocycles. The monoisotopic (exact) mass is 206 g/mol. The summed E-state index contributed by atoms with van der Waals surface area (Å²) in [6, 6.07) is 0. The maximum absolute atomic E-state index is 10.9. The van der Waals surface area contributed by atoms with Crippen molar-refractivity contribution in [3.63, 3.8) is 0 Å². The second-order valence-corrected chi connectivity index (χ2v) is 5.43. The third-order valence-electron chi connectivity index (χ3n) is 3.87. The number of rotatable bonds is 2. The van der Waals surface area contributed by atoms with Crippen molar-refractivity contribution < 1.29 is 4.79 Å². The van der Waals surface area contributed by atoms with Crippen LogP contribution < -0.4 is 0 Å². The van der Waals surface area contributed by atoms with Gasteiger partial charge in [-0.3, -0.25) is 4.79 Å². The van der Waals surface area contributed by atoms with E-state index in [9.17, 15) is 4.79 Å². The van der Waals surface area contributed by atoms with Gasteiger partial charge in [0.2, 0.25) is 0 Å². The van der Waals surface area contributed by atoms with Crippen LogP contribution in [0, 0.1) is 17.3 Å². The summed E-state index contributed by atoms with van der Waals surface area (Å²) in [7, 11) is 0. The van der Waals surface area contributed by atoms with Gasteiger partial charge in [-0.1, -0.05) is 39.0 Å². The van der Waals surface area contributed by atoms with Crippen LogP contribution in [-0.4, -0.2) is 5.78 Å². The summed E-state index contributed by atoms with van der Waals surface area (Å²) in [5.41, 5.74) is 1.63. The summed E-state index contributed by atoms with van der Waals surface area (Å²) < 4.78 is 0. The van der Waals surface area contributed by atoms with Crippen LogP contribution in [0.5, 0.6) is 0 Å². The Morgan fingerprint density at radius 1 is 1.53 bits per heavy atom. The molecule has 0 aromatic rings. The molecule has 2 unspecified atom stereocenters. The minimum atomic E-state index is 0.123. The average molecular weight is 206 g/mol. The molecule has 0 heterocycles. The number of ketones is 1. The second-order valence-electron chi connectivity index (χ2n) is 5.43. The van der Waals surface area contributed by atoms with Crippen LogP contribution in [0.4, 0.5) is 0 Å². The molecule has 84 valence electrons. The van der Waals surface area contributed by atoms with Crippen LogP contribution in [0.15, 0.2) is 24.3 Å². The highest BCUT2D eigenvalue weighted by atomic mass is 16.1. The average Bonchev–Trinajstić information content (AvgIpc) is 2.12. The highest BCUT2D eigenvalue weighted by Crippen LogP contribution is 2.46. The Kier molecular flexibility index (Phi) is 3.54.